The van der Waals surface area contributed by atoms with Gasteiger partial charge in [0.05, 0.1) is 5.92 Å². The number of amides is 1. The molecule has 0 atom stereocenters. The van der Waals surface area contributed by atoms with Crippen molar-refractivity contribution in [3.8, 4) is 0 Å². The van der Waals surface area contributed by atoms with Gasteiger partial charge in [0.1, 0.15) is 0 Å². The standard InChI is InChI=1S/C10H17I2N3O/c11-1-2-13-3-5-14(6-4-13)10(16)9-7-15(12)8-9/h9H,1-8H2. The average Bonchev–Trinajstić information content (AvgIpc) is 2.25. The summed E-state index contributed by atoms with van der Waals surface area (Å²) in [6, 6.07) is 0. The third-order valence-electron chi connectivity index (χ3n) is 3.27. The van der Waals surface area contributed by atoms with Crippen LogP contribution in [-0.4, -0.2) is 69.1 Å². The zero-order chi connectivity index (χ0) is 11.5. The number of halogens is 2. The Bertz CT molecular complexity index is 250. The Morgan fingerprint density at radius 1 is 1.19 bits per heavy atom. The molecular weight excluding hydrogens is 432 g/mol. The fourth-order valence-corrected chi connectivity index (χ4v) is 3.78. The first-order valence-electron chi connectivity index (χ1n) is 5.68. The summed E-state index contributed by atoms with van der Waals surface area (Å²) in [5.41, 5.74) is 0. The lowest BCUT2D eigenvalue weighted by Gasteiger charge is -2.40. The number of nitrogens with zero attached hydrogens (tertiary/aromatic N) is 3. The number of hydrogen-bond donors (Lipinski definition) is 0. The third-order valence-corrected chi connectivity index (χ3v) is 4.54. The summed E-state index contributed by atoms with van der Waals surface area (Å²) >= 11 is 4.69. The number of alkyl halides is 1. The second kappa shape index (κ2) is 6.14. The van der Waals surface area contributed by atoms with Crippen molar-refractivity contribution in [1.82, 2.24) is 12.9 Å². The van der Waals surface area contributed by atoms with Gasteiger partial charge in [0.15, 0.2) is 0 Å². The molecule has 1 amide bonds. The lowest BCUT2D eigenvalue weighted by atomic mass is 10.0. The van der Waals surface area contributed by atoms with Crippen LogP contribution in [0.2, 0.25) is 0 Å². The molecular formula is C10H17I2N3O. The van der Waals surface area contributed by atoms with Crippen LogP contribution in [0, 0.1) is 5.92 Å². The molecule has 2 fully saturated rings. The van der Waals surface area contributed by atoms with Gasteiger partial charge in [0.25, 0.3) is 0 Å². The molecule has 0 aromatic carbocycles. The summed E-state index contributed by atoms with van der Waals surface area (Å²) in [4.78, 5) is 16.6. The lowest BCUT2D eigenvalue weighted by molar-refractivity contribution is -0.140. The number of carbonyl (C=O) groups is 1. The molecule has 0 aliphatic carbocycles. The molecule has 2 aliphatic heterocycles. The second-order valence-electron chi connectivity index (χ2n) is 4.38. The zero-order valence-corrected chi connectivity index (χ0v) is 13.6. The molecule has 0 unspecified atom stereocenters. The summed E-state index contributed by atoms with van der Waals surface area (Å²) in [6.07, 6.45) is 0. The Kier molecular flexibility index (Phi) is 5.10. The predicted octanol–water partition coefficient (Wildman–Crippen LogP) is 0.847. The summed E-state index contributed by atoms with van der Waals surface area (Å²) < 4.78 is 3.35. The molecule has 2 aliphatic rings. The van der Waals surface area contributed by atoms with Crippen LogP contribution in [0.25, 0.3) is 0 Å². The SMILES string of the molecule is O=C(C1CN(I)C1)N1CCN(CCI)CC1. The van der Waals surface area contributed by atoms with E-state index in [1.807, 2.05) is 0 Å². The quantitative estimate of drug-likeness (QED) is 0.364. The number of carbonyl (C=O) groups excluding carboxylic acids is 1. The minimum absolute atomic E-state index is 0.271. The third kappa shape index (κ3) is 3.20. The topological polar surface area (TPSA) is 26.8 Å². The Morgan fingerprint density at radius 2 is 1.81 bits per heavy atom. The predicted molar refractivity (Wildman–Crippen MR) is 81.0 cm³/mol. The first-order valence-corrected chi connectivity index (χ1v) is 8.17. The number of piperazine rings is 1. The average molecular weight is 449 g/mol. The maximum atomic E-state index is 12.1. The Morgan fingerprint density at radius 3 is 2.31 bits per heavy atom. The van der Waals surface area contributed by atoms with Gasteiger partial charge >= 0.3 is 0 Å². The van der Waals surface area contributed by atoms with Gasteiger partial charge in [-0.15, -0.1) is 0 Å². The first-order chi connectivity index (χ1) is 7.70. The van der Waals surface area contributed by atoms with Gasteiger partial charge in [-0.3, -0.25) is 9.69 Å². The van der Waals surface area contributed by atoms with E-state index in [1.165, 1.54) is 4.43 Å². The van der Waals surface area contributed by atoms with Gasteiger partial charge in [-0.05, 0) is 0 Å². The van der Waals surface area contributed by atoms with E-state index in [0.29, 0.717) is 5.91 Å². The fraction of sp³-hybridized carbons (Fsp3) is 0.900. The largest absolute Gasteiger partial charge is 0.340 e. The van der Waals surface area contributed by atoms with E-state index in [-0.39, 0.29) is 5.92 Å². The van der Waals surface area contributed by atoms with Crippen LogP contribution in [0.4, 0.5) is 0 Å². The van der Waals surface area contributed by atoms with Crippen molar-refractivity contribution in [1.29, 1.82) is 0 Å². The van der Waals surface area contributed by atoms with Crippen molar-refractivity contribution in [2.24, 2.45) is 5.92 Å². The van der Waals surface area contributed by atoms with Crippen LogP contribution in [0.3, 0.4) is 0 Å². The molecule has 4 nitrogen and oxygen atoms in total. The molecule has 0 radical (unpaired) electrons. The molecule has 0 N–H and O–H groups in total. The highest BCUT2D eigenvalue weighted by Gasteiger charge is 2.35. The van der Waals surface area contributed by atoms with Gasteiger partial charge in [-0.25, -0.2) is 3.11 Å². The van der Waals surface area contributed by atoms with E-state index in [9.17, 15) is 4.79 Å². The smallest absolute Gasteiger partial charge is 0.228 e. The highest BCUT2D eigenvalue weighted by Crippen LogP contribution is 2.22. The normalized spacial score (nSPS) is 24.5. The van der Waals surface area contributed by atoms with Crippen LogP contribution in [0.1, 0.15) is 0 Å². The minimum atomic E-state index is 0.271. The van der Waals surface area contributed by atoms with Crippen molar-refractivity contribution in [2.45, 2.75) is 0 Å². The van der Waals surface area contributed by atoms with Crippen molar-refractivity contribution in [3.63, 3.8) is 0 Å². The monoisotopic (exact) mass is 449 g/mol. The zero-order valence-electron chi connectivity index (χ0n) is 9.24. The summed E-state index contributed by atoms with van der Waals surface area (Å²) in [6.45, 7) is 6.99. The van der Waals surface area contributed by atoms with Crippen LogP contribution in [-0.2, 0) is 4.79 Å². The molecule has 0 saturated carbocycles. The van der Waals surface area contributed by atoms with E-state index >= 15 is 0 Å². The Balaban J connectivity index is 1.74. The lowest BCUT2D eigenvalue weighted by Crippen LogP contribution is -2.55. The van der Waals surface area contributed by atoms with Gasteiger partial charge < -0.3 is 4.90 Å². The van der Waals surface area contributed by atoms with Crippen LogP contribution < -0.4 is 0 Å². The molecule has 16 heavy (non-hydrogen) atoms. The first kappa shape index (κ1) is 13.3. The minimum Gasteiger partial charge on any atom is -0.340 e. The Hall–Kier alpha value is 0.850. The fourth-order valence-electron chi connectivity index (χ4n) is 2.15. The van der Waals surface area contributed by atoms with E-state index in [4.69, 9.17) is 0 Å². The van der Waals surface area contributed by atoms with E-state index in [2.05, 4.69) is 58.4 Å². The second-order valence-corrected chi connectivity index (χ2v) is 6.82. The maximum absolute atomic E-state index is 12.1. The molecule has 6 heteroatoms. The highest BCUT2D eigenvalue weighted by atomic mass is 127. The van der Waals surface area contributed by atoms with Crippen molar-refractivity contribution < 1.29 is 4.79 Å². The molecule has 2 rings (SSSR count). The van der Waals surface area contributed by atoms with Gasteiger partial charge in [-0.2, -0.15) is 0 Å². The van der Waals surface area contributed by atoms with Crippen LogP contribution in [0.5, 0.6) is 0 Å². The molecule has 0 aromatic heterocycles. The van der Waals surface area contributed by atoms with Gasteiger partial charge in [0.2, 0.25) is 5.91 Å². The molecule has 0 bridgehead atoms. The summed E-state index contributed by atoms with van der Waals surface area (Å²) in [5.74, 6) is 0.648. The maximum Gasteiger partial charge on any atom is 0.228 e. The Labute approximate surface area is 124 Å². The molecule has 0 aromatic rings. The van der Waals surface area contributed by atoms with Crippen molar-refractivity contribution in [2.75, 3.05) is 50.2 Å². The van der Waals surface area contributed by atoms with Crippen molar-refractivity contribution >= 4 is 51.4 Å². The molecule has 2 heterocycles. The molecule has 0 spiro atoms. The van der Waals surface area contributed by atoms with Crippen LogP contribution >= 0.6 is 45.5 Å². The van der Waals surface area contributed by atoms with E-state index in [0.717, 1.165) is 45.8 Å². The molecule has 2 saturated heterocycles. The highest BCUT2D eigenvalue weighted by molar-refractivity contribution is 14.1. The van der Waals surface area contributed by atoms with Crippen molar-refractivity contribution in [3.05, 3.63) is 0 Å². The number of hydrogen-bond acceptors (Lipinski definition) is 3. The summed E-state index contributed by atoms with van der Waals surface area (Å²) in [5, 5.41) is 0. The van der Waals surface area contributed by atoms with Gasteiger partial charge in [0, 0.05) is 73.1 Å². The van der Waals surface area contributed by atoms with Crippen LogP contribution in [0.15, 0.2) is 0 Å². The number of rotatable bonds is 3. The van der Waals surface area contributed by atoms with E-state index < -0.39 is 0 Å². The van der Waals surface area contributed by atoms with Gasteiger partial charge in [-0.1, -0.05) is 22.6 Å². The molecule has 92 valence electrons. The van der Waals surface area contributed by atoms with E-state index in [1.54, 1.807) is 0 Å². The summed E-state index contributed by atoms with van der Waals surface area (Å²) in [7, 11) is 0.